The zero-order valence-electron chi connectivity index (χ0n) is 18.7. The molecule has 2 amide bonds. The van der Waals surface area contributed by atoms with Gasteiger partial charge in [0, 0.05) is 29.6 Å². The van der Waals surface area contributed by atoms with Gasteiger partial charge in [-0.2, -0.15) is 5.26 Å². The number of hydrogen-bond acceptors (Lipinski definition) is 5. The van der Waals surface area contributed by atoms with E-state index in [0.717, 1.165) is 36.4 Å². The highest BCUT2D eigenvalue weighted by molar-refractivity contribution is 6.31. The molecule has 0 spiro atoms. The number of rotatable bonds is 5. The van der Waals surface area contributed by atoms with Crippen LogP contribution in [0, 0.1) is 11.3 Å². The van der Waals surface area contributed by atoms with Crippen LogP contribution in [-0.4, -0.2) is 29.8 Å². The summed E-state index contributed by atoms with van der Waals surface area (Å²) in [4.78, 5) is 27.5. The molecule has 3 aromatic rings. The Labute approximate surface area is 198 Å². The fourth-order valence-electron chi connectivity index (χ4n) is 4.45. The van der Waals surface area contributed by atoms with Crippen molar-refractivity contribution in [2.75, 3.05) is 18.4 Å². The molecule has 6 nitrogen and oxygen atoms in total. The highest BCUT2D eigenvalue weighted by Gasteiger charge is 2.27. The van der Waals surface area contributed by atoms with Crippen molar-refractivity contribution >= 4 is 23.1 Å². The largest absolute Gasteiger partial charge is 0.361 e. The summed E-state index contributed by atoms with van der Waals surface area (Å²) in [5.41, 5.74) is 5.90. The Balaban J connectivity index is 1.40. The van der Waals surface area contributed by atoms with Crippen LogP contribution < -0.4 is 10.6 Å². The van der Waals surface area contributed by atoms with E-state index in [2.05, 4.69) is 33.7 Å². The molecule has 3 aromatic carbocycles. The van der Waals surface area contributed by atoms with Crippen molar-refractivity contribution in [3.05, 3.63) is 95.2 Å². The molecule has 34 heavy (non-hydrogen) atoms. The number of carbonyl (C=O) groups excluding carboxylic acids is 2. The maximum atomic E-state index is 12.7. The number of anilines is 1. The highest BCUT2D eigenvalue weighted by Crippen LogP contribution is 2.30. The summed E-state index contributed by atoms with van der Waals surface area (Å²) >= 11 is 0. The van der Waals surface area contributed by atoms with E-state index < -0.39 is 11.8 Å². The van der Waals surface area contributed by atoms with Gasteiger partial charge in [-0.25, -0.2) is 0 Å². The second kappa shape index (κ2) is 9.34. The molecule has 0 unspecified atom stereocenters. The minimum Gasteiger partial charge on any atom is -0.361 e. The van der Waals surface area contributed by atoms with Gasteiger partial charge in [-0.1, -0.05) is 30.3 Å². The SMILES string of the molecule is N#Cc1ccc(-c2ccc3c(c2)/C(=C\Nc2ccc(CN4CCCC4)cc2)C(=O)NC3=O)cc1. The summed E-state index contributed by atoms with van der Waals surface area (Å²) < 4.78 is 0. The highest BCUT2D eigenvalue weighted by atomic mass is 16.2. The lowest BCUT2D eigenvalue weighted by molar-refractivity contribution is -0.114. The number of nitrogens with zero attached hydrogens (tertiary/aromatic N) is 2. The normalized spacial score (nSPS) is 16.7. The number of nitriles is 1. The topological polar surface area (TPSA) is 85.2 Å². The molecule has 0 bridgehead atoms. The van der Waals surface area contributed by atoms with E-state index in [-0.39, 0.29) is 0 Å². The van der Waals surface area contributed by atoms with Crippen molar-refractivity contribution < 1.29 is 9.59 Å². The minimum atomic E-state index is -0.437. The van der Waals surface area contributed by atoms with E-state index in [9.17, 15) is 9.59 Å². The lowest BCUT2D eigenvalue weighted by atomic mass is 9.91. The van der Waals surface area contributed by atoms with E-state index in [1.807, 2.05) is 36.4 Å². The molecule has 0 saturated carbocycles. The van der Waals surface area contributed by atoms with Crippen molar-refractivity contribution in [3.8, 4) is 17.2 Å². The summed E-state index contributed by atoms with van der Waals surface area (Å²) in [7, 11) is 0. The first-order chi connectivity index (χ1) is 16.6. The predicted molar refractivity (Wildman–Crippen MR) is 132 cm³/mol. The van der Waals surface area contributed by atoms with Crippen molar-refractivity contribution in [1.82, 2.24) is 10.2 Å². The second-order valence-electron chi connectivity index (χ2n) is 8.62. The summed E-state index contributed by atoms with van der Waals surface area (Å²) in [6, 6.07) is 22.9. The molecule has 2 aliphatic rings. The Kier molecular flexibility index (Phi) is 5.94. The number of imide groups is 1. The molecule has 5 rings (SSSR count). The van der Waals surface area contributed by atoms with Crippen LogP contribution in [0.25, 0.3) is 16.7 Å². The summed E-state index contributed by atoms with van der Waals surface area (Å²) in [6.07, 6.45) is 4.19. The summed E-state index contributed by atoms with van der Waals surface area (Å²) in [6.45, 7) is 3.27. The third kappa shape index (κ3) is 4.47. The summed E-state index contributed by atoms with van der Waals surface area (Å²) in [5.74, 6) is -0.845. The monoisotopic (exact) mass is 448 g/mol. The number of hydrogen-bond donors (Lipinski definition) is 2. The molecular formula is C28H24N4O2. The Morgan fingerprint density at radius 2 is 1.59 bits per heavy atom. The number of benzene rings is 3. The van der Waals surface area contributed by atoms with Gasteiger partial charge in [-0.15, -0.1) is 0 Å². The molecule has 168 valence electrons. The molecule has 0 aromatic heterocycles. The number of likely N-dealkylation sites (tertiary alicyclic amines) is 1. The maximum Gasteiger partial charge on any atom is 0.260 e. The number of fused-ring (bicyclic) bond motifs is 1. The summed E-state index contributed by atoms with van der Waals surface area (Å²) in [5, 5.41) is 14.7. The molecule has 6 heteroatoms. The molecule has 2 aliphatic heterocycles. The van der Waals surface area contributed by atoms with E-state index in [4.69, 9.17) is 5.26 Å². The zero-order valence-corrected chi connectivity index (χ0v) is 18.7. The van der Waals surface area contributed by atoms with Crippen molar-refractivity contribution in [2.45, 2.75) is 19.4 Å². The fraction of sp³-hybridized carbons (Fsp3) is 0.179. The van der Waals surface area contributed by atoms with Crippen LogP contribution in [0.2, 0.25) is 0 Å². The first-order valence-electron chi connectivity index (χ1n) is 11.4. The second-order valence-corrected chi connectivity index (χ2v) is 8.62. The van der Waals surface area contributed by atoms with Gasteiger partial charge < -0.3 is 5.32 Å². The quantitative estimate of drug-likeness (QED) is 0.442. The Morgan fingerprint density at radius 1 is 0.882 bits per heavy atom. The lowest BCUT2D eigenvalue weighted by Gasteiger charge is -2.19. The van der Waals surface area contributed by atoms with Gasteiger partial charge in [0.1, 0.15) is 0 Å². The molecule has 0 aliphatic carbocycles. The van der Waals surface area contributed by atoms with Gasteiger partial charge in [0.15, 0.2) is 0 Å². The van der Waals surface area contributed by atoms with Crippen LogP contribution in [-0.2, 0) is 11.3 Å². The molecule has 2 heterocycles. The average molecular weight is 449 g/mol. The Morgan fingerprint density at radius 3 is 2.29 bits per heavy atom. The maximum absolute atomic E-state index is 12.7. The van der Waals surface area contributed by atoms with Gasteiger partial charge in [0.2, 0.25) is 0 Å². The Bertz CT molecular complexity index is 1310. The molecule has 0 atom stereocenters. The number of nitrogens with one attached hydrogen (secondary N) is 2. The van der Waals surface area contributed by atoms with Crippen LogP contribution >= 0.6 is 0 Å². The molecule has 2 N–H and O–H groups in total. The van der Waals surface area contributed by atoms with E-state index >= 15 is 0 Å². The average Bonchev–Trinajstić information content (AvgIpc) is 3.38. The van der Waals surface area contributed by atoms with Crippen LogP contribution in [0.15, 0.2) is 72.9 Å². The smallest absolute Gasteiger partial charge is 0.260 e. The minimum absolute atomic E-state index is 0.395. The van der Waals surface area contributed by atoms with Gasteiger partial charge in [0.25, 0.3) is 11.8 Å². The molecule has 1 saturated heterocycles. The van der Waals surface area contributed by atoms with Crippen molar-refractivity contribution in [3.63, 3.8) is 0 Å². The molecule has 0 radical (unpaired) electrons. The first-order valence-corrected chi connectivity index (χ1v) is 11.4. The zero-order chi connectivity index (χ0) is 23.5. The third-order valence-corrected chi connectivity index (χ3v) is 6.32. The molecule has 1 fully saturated rings. The van der Waals surface area contributed by atoms with Crippen LogP contribution in [0.4, 0.5) is 5.69 Å². The van der Waals surface area contributed by atoms with E-state index in [1.54, 1.807) is 24.4 Å². The number of carbonyl (C=O) groups is 2. The number of amides is 2. The lowest BCUT2D eigenvalue weighted by Crippen LogP contribution is -2.36. The van der Waals surface area contributed by atoms with E-state index in [0.29, 0.717) is 22.3 Å². The van der Waals surface area contributed by atoms with Gasteiger partial charge >= 0.3 is 0 Å². The Hall–Kier alpha value is -4.21. The van der Waals surface area contributed by atoms with Gasteiger partial charge in [-0.3, -0.25) is 19.8 Å². The van der Waals surface area contributed by atoms with Gasteiger partial charge in [0.05, 0.1) is 17.2 Å². The predicted octanol–water partition coefficient (Wildman–Crippen LogP) is 4.54. The van der Waals surface area contributed by atoms with Gasteiger partial charge in [-0.05, 0) is 79.0 Å². The van der Waals surface area contributed by atoms with Crippen molar-refractivity contribution in [1.29, 1.82) is 5.26 Å². The van der Waals surface area contributed by atoms with Crippen molar-refractivity contribution in [2.24, 2.45) is 0 Å². The fourth-order valence-corrected chi connectivity index (χ4v) is 4.45. The third-order valence-electron chi connectivity index (χ3n) is 6.32. The van der Waals surface area contributed by atoms with Crippen LogP contribution in [0.1, 0.15) is 39.9 Å². The van der Waals surface area contributed by atoms with Crippen LogP contribution in [0.5, 0.6) is 0 Å². The van der Waals surface area contributed by atoms with Crippen LogP contribution in [0.3, 0.4) is 0 Å². The van der Waals surface area contributed by atoms with E-state index in [1.165, 1.54) is 18.4 Å². The molecular weight excluding hydrogens is 424 g/mol. The standard InChI is InChI=1S/C28H24N4O2/c29-16-19-3-7-21(8-4-19)22-9-12-24-25(15-22)26(28(34)31-27(24)33)17-30-23-10-5-20(6-11-23)18-32-13-1-2-14-32/h3-12,15,17,30H,1-2,13-14,18H2,(H,31,33,34)/b26-17+. The first kappa shape index (κ1) is 21.6.